The summed E-state index contributed by atoms with van der Waals surface area (Å²) in [6.07, 6.45) is 6.28. The molecule has 2 aliphatic rings. The average molecular weight is 708 g/mol. The van der Waals surface area contributed by atoms with Gasteiger partial charge in [-0.25, -0.2) is 15.0 Å². The molecule has 0 aliphatic heterocycles. The molecule has 55 heavy (non-hydrogen) atoms. The minimum Gasteiger partial charge on any atom is -0.455 e. The molecule has 1 spiro atoms. The van der Waals surface area contributed by atoms with Crippen LogP contribution in [0.3, 0.4) is 0 Å². The van der Waals surface area contributed by atoms with Crippen LogP contribution in [0.25, 0.3) is 89.5 Å². The first kappa shape index (κ1) is 31.8. The second kappa shape index (κ2) is 12.7. The average Bonchev–Trinajstić information content (AvgIpc) is 3.77. The van der Waals surface area contributed by atoms with Gasteiger partial charge in [-0.1, -0.05) is 153 Å². The molecule has 0 bridgehead atoms. The van der Waals surface area contributed by atoms with E-state index in [-0.39, 0.29) is 5.41 Å². The molecule has 262 valence electrons. The third-order valence-corrected chi connectivity index (χ3v) is 11.9. The van der Waals surface area contributed by atoms with Crippen LogP contribution in [0.1, 0.15) is 43.2 Å². The highest BCUT2D eigenvalue weighted by atomic mass is 16.3. The predicted molar refractivity (Wildman–Crippen MR) is 224 cm³/mol. The molecule has 0 unspecified atom stereocenters. The summed E-state index contributed by atoms with van der Waals surface area (Å²) in [7, 11) is 0. The van der Waals surface area contributed by atoms with Crippen molar-refractivity contribution in [1.29, 1.82) is 0 Å². The van der Waals surface area contributed by atoms with Crippen molar-refractivity contribution in [3.05, 3.63) is 175 Å². The maximum Gasteiger partial charge on any atom is 0.167 e. The summed E-state index contributed by atoms with van der Waals surface area (Å²) in [5.74, 6) is 1.82. The minimum atomic E-state index is 0.0990. The standard InChI is InChI=1S/C51H37N3O/c1-3-14-33(15-4-1)34-16-11-18-37(30-34)48-52-49(54-50(53-48)43-23-13-22-42-41-21-6-8-25-46(41)55-47(42)43)38-19-12-17-35(31-38)36-26-27-40-39-20-5-7-24-44(39)51(45(40)32-36)28-9-2-10-29-51/h1,3-8,11-27,30-32H,2,9-10,28-29H2. The van der Waals surface area contributed by atoms with Crippen molar-refractivity contribution in [2.24, 2.45) is 0 Å². The van der Waals surface area contributed by atoms with E-state index in [2.05, 4.69) is 133 Å². The number of rotatable bonds is 5. The fourth-order valence-electron chi connectivity index (χ4n) is 9.31. The number of fused-ring (bicyclic) bond motifs is 8. The van der Waals surface area contributed by atoms with Gasteiger partial charge >= 0.3 is 0 Å². The van der Waals surface area contributed by atoms with Crippen molar-refractivity contribution in [1.82, 2.24) is 15.0 Å². The third-order valence-electron chi connectivity index (χ3n) is 11.9. The highest BCUT2D eigenvalue weighted by molar-refractivity contribution is 6.09. The molecule has 7 aromatic carbocycles. The summed E-state index contributed by atoms with van der Waals surface area (Å²) in [5, 5.41) is 2.11. The van der Waals surface area contributed by atoms with Gasteiger partial charge in [0.1, 0.15) is 11.2 Å². The van der Waals surface area contributed by atoms with Crippen LogP contribution in [-0.2, 0) is 5.41 Å². The van der Waals surface area contributed by atoms with Crippen LogP contribution in [0.2, 0.25) is 0 Å². The van der Waals surface area contributed by atoms with Gasteiger partial charge in [0.15, 0.2) is 17.5 Å². The van der Waals surface area contributed by atoms with Gasteiger partial charge in [0.05, 0.1) is 5.56 Å². The molecular formula is C51H37N3O. The smallest absolute Gasteiger partial charge is 0.167 e. The Labute approximate surface area is 320 Å². The topological polar surface area (TPSA) is 51.8 Å². The summed E-state index contributed by atoms with van der Waals surface area (Å²) in [6, 6.07) is 58.2. The highest BCUT2D eigenvalue weighted by Crippen LogP contribution is 2.56. The van der Waals surface area contributed by atoms with E-state index in [1.807, 2.05) is 30.3 Å². The Kier molecular flexibility index (Phi) is 7.38. The maximum atomic E-state index is 6.49. The zero-order valence-corrected chi connectivity index (χ0v) is 30.4. The van der Waals surface area contributed by atoms with Crippen LogP contribution < -0.4 is 0 Å². The lowest BCUT2D eigenvalue weighted by molar-refractivity contribution is 0.353. The Morgan fingerprint density at radius 3 is 1.75 bits per heavy atom. The van der Waals surface area contributed by atoms with Crippen LogP contribution in [0.4, 0.5) is 0 Å². The Morgan fingerprint density at radius 1 is 0.382 bits per heavy atom. The lowest BCUT2D eigenvalue weighted by atomic mass is 9.67. The summed E-state index contributed by atoms with van der Waals surface area (Å²) >= 11 is 0. The number of furan rings is 1. The first-order valence-corrected chi connectivity index (χ1v) is 19.4. The molecule has 4 nitrogen and oxygen atoms in total. The van der Waals surface area contributed by atoms with E-state index in [0.29, 0.717) is 17.5 Å². The van der Waals surface area contributed by atoms with Crippen molar-refractivity contribution >= 4 is 21.9 Å². The minimum absolute atomic E-state index is 0.0990. The molecule has 1 fully saturated rings. The van der Waals surface area contributed by atoms with Gasteiger partial charge < -0.3 is 4.42 Å². The first-order valence-electron chi connectivity index (χ1n) is 19.4. The molecule has 4 heteroatoms. The van der Waals surface area contributed by atoms with E-state index in [0.717, 1.165) is 55.3 Å². The summed E-state index contributed by atoms with van der Waals surface area (Å²) < 4.78 is 6.49. The molecule has 9 aromatic rings. The summed E-state index contributed by atoms with van der Waals surface area (Å²) in [4.78, 5) is 15.6. The molecule has 11 rings (SSSR count). The van der Waals surface area contributed by atoms with Gasteiger partial charge in [0.2, 0.25) is 0 Å². The quantitative estimate of drug-likeness (QED) is 0.179. The van der Waals surface area contributed by atoms with Crippen LogP contribution in [0.5, 0.6) is 0 Å². The lowest BCUT2D eigenvalue weighted by Gasteiger charge is -2.36. The van der Waals surface area contributed by atoms with Crippen LogP contribution in [0.15, 0.2) is 168 Å². The number of para-hydroxylation sites is 2. The Balaban J connectivity index is 1.06. The second-order valence-corrected chi connectivity index (χ2v) is 15.1. The predicted octanol–water partition coefficient (Wildman–Crippen LogP) is 13.3. The SMILES string of the molecule is c1ccc(-c2cccc(-c3nc(-c4cccc(-c5ccc6c(c5)C5(CCCCC5)c5ccccc5-6)c4)nc(-c4cccc5c4oc4ccccc45)n3)c2)cc1. The van der Waals surface area contributed by atoms with Gasteiger partial charge in [-0.2, -0.15) is 0 Å². The molecular weight excluding hydrogens is 671 g/mol. The normalized spacial score (nSPS) is 14.3. The van der Waals surface area contributed by atoms with E-state index in [4.69, 9.17) is 19.4 Å². The van der Waals surface area contributed by atoms with E-state index in [9.17, 15) is 0 Å². The van der Waals surface area contributed by atoms with Crippen LogP contribution >= 0.6 is 0 Å². The third kappa shape index (κ3) is 5.24. The maximum absolute atomic E-state index is 6.49. The highest BCUT2D eigenvalue weighted by Gasteiger charge is 2.43. The van der Waals surface area contributed by atoms with Crippen LogP contribution in [-0.4, -0.2) is 15.0 Å². The first-order chi connectivity index (χ1) is 27.2. The zero-order valence-electron chi connectivity index (χ0n) is 30.4. The second-order valence-electron chi connectivity index (χ2n) is 15.1. The molecule has 0 saturated heterocycles. The number of benzene rings is 7. The summed E-state index contributed by atoms with van der Waals surface area (Å²) in [6.45, 7) is 0. The van der Waals surface area contributed by atoms with E-state index < -0.39 is 0 Å². The molecule has 0 N–H and O–H groups in total. The van der Waals surface area contributed by atoms with E-state index in [1.54, 1.807) is 0 Å². The molecule has 2 aliphatic carbocycles. The Morgan fingerprint density at radius 2 is 0.945 bits per heavy atom. The largest absolute Gasteiger partial charge is 0.455 e. The molecule has 0 amide bonds. The van der Waals surface area contributed by atoms with Crippen molar-refractivity contribution in [3.8, 4) is 67.5 Å². The number of hydrogen-bond acceptors (Lipinski definition) is 4. The fourth-order valence-corrected chi connectivity index (χ4v) is 9.31. The van der Waals surface area contributed by atoms with Crippen molar-refractivity contribution in [3.63, 3.8) is 0 Å². The van der Waals surface area contributed by atoms with E-state index >= 15 is 0 Å². The zero-order chi connectivity index (χ0) is 36.3. The van der Waals surface area contributed by atoms with Gasteiger partial charge in [0, 0.05) is 27.3 Å². The molecule has 0 radical (unpaired) electrons. The number of aromatic nitrogens is 3. The van der Waals surface area contributed by atoms with Crippen molar-refractivity contribution in [2.75, 3.05) is 0 Å². The lowest BCUT2D eigenvalue weighted by Crippen LogP contribution is -2.28. The summed E-state index contributed by atoms with van der Waals surface area (Å²) in [5.41, 5.74) is 14.8. The molecule has 2 aromatic heterocycles. The van der Waals surface area contributed by atoms with Gasteiger partial charge in [-0.05, 0) is 87.7 Å². The molecule has 1 saturated carbocycles. The molecule has 2 heterocycles. The van der Waals surface area contributed by atoms with Gasteiger partial charge in [-0.15, -0.1) is 0 Å². The van der Waals surface area contributed by atoms with Gasteiger partial charge in [-0.3, -0.25) is 0 Å². The van der Waals surface area contributed by atoms with Gasteiger partial charge in [0.25, 0.3) is 0 Å². The molecule has 0 atom stereocenters. The number of nitrogens with zero attached hydrogens (tertiary/aromatic N) is 3. The van der Waals surface area contributed by atoms with Crippen molar-refractivity contribution < 1.29 is 4.42 Å². The number of hydrogen-bond donors (Lipinski definition) is 0. The monoisotopic (exact) mass is 707 g/mol. The van der Waals surface area contributed by atoms with Crippen LogP contribution in [0, 0.1) is 0 Å². The Hall–Kier alpha value is -6.65. The van der Waals surface area contributed by atoms with Crippen molar-refractivity contribution in [2.45, 2.75) is 37.5 Å². The van der Waals surface area contributed by atoms with E-state index in [1.165, 1.54) is 59.9 Å². The Bertz CT molecular complexity index is 2920. The fraction of sp³-hybridized carbons (Fsp3) is 0.118.